The summed E-state index contributed by atoms with van der Waals surface area (Å²) in [6.45, 7) is 0.501. The van der Waals surface area contributed by atoms with Crippen molar-refractivity contribution in [2.24, 2.45) is 0 Å². The van der Waals surface area contributed by atoms with Gasteiger partial charge in [-0.2, -0.15) is 0 Å². The molecule has 0 N–H and O–H groups in total. The fraction of sp³-hybridized carbons (Fsp3) is 0.167. The predicted octanol–water partition coefficient (Wildman–Crippen LogP) is 3.43. The summed E-state index contributed by atoms with van der Waals surface area (Å²) in [5.74, 6) is 0. The molecular weight excluding hydrogens is 346 g/mol. The molecule has 0 amide bonds. The Hall–Kier alpha value is -2.11. The van der Waals surface area contributed by atoms with Gasteiger partial charge in [0.25, 0.3) is 5.56 Å². The lowest BCUT2D eigenvalue weighted by Gasteiger charge is -2.21. The van der Waals surface area contributed by atoms with Crippen molar-refractivity contribution in [3.8, 4) is 0 Å². The fourth-order valence-electron chi connectivity index (χ4n) is 3.32. The third kappa shape index (κ3) is 2.12. The van der Waals surface area contributed by atoms with Crippen molar-refractivity contribution in [1.82, 2.24) is 4.57 Å². The molecule has 6 heteroatoms. The number of hydrogen-bond acceptors (Lipinski definition) is 3. The quantitative estimate of drug-likeness (QED) is 0.704. The first-order valence-electron chi connectivity index (χ1n) is 7.66. The monoisotopic (exact) mass is 359 g/mol. The third-order valence-corrected chi connectivity index (χ3v) is 6.73. The Kier molecular flexibility index (Phi) is 3.51. The van der Waals surface area contributed by atoms with E-state index in [-0.39, 0.29) is 14.8 Å². The molecule has 1 aromatic heterocycles. The Morgan fingerprint density at radius 3 is 2.50 bits per heavy atom. The highest BCUT2D eigenvalue weighted by Gasteiger charge is 2.29. The van der Waals surface area contributed by atoms with E-state index >= 15 is 0 Å². The van der Waals surface area contributed by atoms with Gasteiger partial charge in [-0.1, -0.05) is 48.0 Å². The van der Waals surface area contributed by atoms with Crippen molar-refractivity contribution in [1.29, 1.82) is 0 Å². The van der Waals surface area contributed by atoms with Crippen LogP contribution in [0.15, 0.2) is 63.1 Å². The van der Waals surface area contributed by atoms with Crippen molar-refractivity contribution in [2.45, 2.75) is 29.2 Å². The van der Waals surface area contributed by atoms with Crippen LogP contribution in [0.5, 0.6) is 0 Å². The van der Waals surface area contributed by atoms with Crippen LogP contribution in [0.2, 0.25) is 5.02 Å². The molecule has 0 atom stereocenters. The highest BCUT2D eigenvalue weighted by atomic mass is 35.5. The van der Waals surface area contributed by atoms with Crippen LogP contribution >= 0.6 is 11.6 Å². The van der Waals surface area contributed by atoms with E-state index in [9.17, 15) is 13.2 Å². The first-order chi connectivity index (χ1) is 11.5. The molecule has 24 heavy (non-hydrogen) atoms. The van der Waals surface area contributed by atoms with Gasteiger partial charge in [-0.3, -0.25) is 4.79 Å². The van der Waals surface area contributed by atoms with Crippen LogP contribution in [0.4, 0.5) is 0 Å². The summed E-state index contributed by atoms with van der Waals surface area (Å²) >= 11 is 6.41. The Bertz CT molecular complexity index is 1120. The first kappa shape index (κ1) is 15.4. The van der Waals surface area contributed by atoms with Crippen LogP contribution in [-0.4, -0.2) is 13.0 Å². The number of aromatic nitrogens is 1. The van der Waals surface area contributed by atoms with Crippen LogP contribution in [0, 0.1) is 0 Å². The summed E-state index contributed by atoms with van der Waals surface area (Å²) in [5.41, 5.74) is 1.25. The maximum Gasteiger partial charge on any atom is 0.271 e. The molecule has 4 rings (SSSR count). The topological polar surface area (TPSA) is 56.1 Å². The number of para-hydroxylation sites is 1. The Labute approximate surface area is 144 Å². The lowest BCUT2D eigenvalue weighted by molar-refractivity contribution is 0.583. The highest BCUT2D eigenvalue weighted by Crippen LogP contribution is 2.34. The van der Waals surface area contributed by atoms with E-state index in [1.807, 2.05) is 12.1 Å². The molecule has 2 heterocycles. The van der Waals surface area contributed by atoms with E-state index in [0.29, 0.717) is 11.9 Å². The van der Waals surface area contributed by atoms with Gasteiger partial charge in [0.1, 0.15) is 0 Å². The third-order valence-electron chi connectivity index (χ3n) is 4.41. The standard InChI is InChI=1S/C18H14ClNO3S/c19-15-14-10-4-6-12-7-5-11-20(16(12)14)18(21)17(15)24(22,23)13-8-2-1-3-9-13/h1-4,6,8-10H,5,7,11H2. The zero-order chi connectivity index (χ0) is 16.9. The maximum absolute atomic E-state index is 13.0. The molecule has 0 bridgehead atoms. The van der Waals surface area contributed by atoms with Crippen molar-refractivity contribution in [3.63, 3.8) is 0 Å². The van der Waals surface area contributed by atoms with E-state index in [2.05, 4.69) is 0 Å². The number of hydrogen-bond donors (Lipinski definition) is 0. The molecule has 0 fully saturated rings. The van der Waals surface area contributed by atoms with Crippen LogP contribution < -0.4 is 5.56 Å². The molecule has 3 aromatic rings. The molecule has 1 aliphatic rings. The van der Waals surface area contributed by atoms with E-state index in [1.54, 1.807) is 28.8 Å². The maximum atomic E-state index is 13.0. The normalized spacial score (nSPS) is 14.0. The van der Waals surface area contributed by atoms with E-state index in [1.165, 1.54) is 12.1 Å². The van der Waals surface area contributed by atoms with Gasteiger partial charge in [0, 0.05) is 11.9 Å². The second kappa shape index (κ2) is 5.46. The minimum Gasteiger partial charge on any atom is -0.307 e. The summed E-state index contributed by atoms with van der Waals surface area (Å²) in [5, 5.41) is 0.627. The van der Waals surface area contributed by atoms with Gasteiger partial charge < -0.3 is 4.57 Å². The van der Waals surface area contributed by atoms with Crippen molar-refractivity contribution in [2.75, 3.05) is 0 Å². The minimum absolute atomic E-state index is 0.0128. The second-order valence-corrected chi connectivity index (χ2v) is 8.10. The smallest absolute Gasteiger partial charge is 0.271 e. The van der Waals surface area contributed by atoms with Crippen LogP contribution in [0.3, 0.4) is 0 Å². The van der Waals surface area contributed by atoms with Gasteiger partial charge in [0.2, 0.25) is 9.84 Å². The van der Waals surface area contributed by atoms with Gasteiger partial charge in [0.05, 0.1) is 15.4 Å². The number of halogens is 1. The fourth-order valence-corrected chi connectivity index (χ4v) is 5.30. The molecule has 0 radical (unpaired) electrons. The largest absolute Gasteiger partial charge is 0.307 e. The molecule has 1 aliphatic heterocycles. The predicted molar refractivity (Wildman–Crippen MR) is 93.4 cm³/mol. The van der Waals surface area contributed by atoms with Crippen LogP contribution in [-0.2, 0) is 22.8 Å². The summed E-state index contributed by atoms with van der Waals surface area (Å²) in [6, 6.07) is 13.5. The van der Waals surface area contributed by atoms with E-state index in [0.717, 1.165) is 23.9 Å². The Morgan fingerprint density at radius 2 is 1.75 bits per heavy atom. The molecule has 2 aromatic carbocycles. The number of nitrogens with zero attached hydrogens (tertiary/aromatic N) is 1. The average Bonchev–Trinajstić information content (AvgIpc) is 2.60. The Balaban J connectivity index is 2.14. The SMILES string of the molecule is O=c1c(S(=O)(=O)c2ccccc2)c(Cl)c2cccc3c2n1CCC3. The van der Waals surface area contributed by atoms with Crippen LogP contribution in [0.1, 0.15) is 12.0 Å². The minimum atomic E-state index is -3.98. The summed E-state index contributed by atoms with van der Waals surface area (Å²) < 4.78 is 27.5. The zero-order valence-electron chi connectivity index (χ0n) is 12.7. The molecule has 0 unspecified atom stereocenters. The Morgan fingerprint density at radius 1 is 1.00 bits per heavy atom. The van der Waals surface area contributed by atoms with E-state index in [4.69, 9.17) is 11.6 Å². The van der Waals surface area contributed by atoms with Gasteiger partial charge in [-0.25, -0.2) is 8.42 Å². The van der Waals surface area contributed by atoms with Crippen molar-refractivity contribution in [3.05, 3.63) is 69.5 Å². The number of rotatable bonds is 2. The lowest BCUT2D eigenvalue weighted by atomic mass is 10.0. The number of aryl methyl sites for hydroxylation is 2. The molecule has 0 saturated carbocycles. The summed E-state index contributed by atoms with van der Waals surface area (Å²) in [6.07, 6.45) is 1.66. The molecule has 0 saturated heterocycles. The first-order valence-corrected chi connectivity index (χ1v) is 9.52. The lowest BCUT2D eigenvalue weighted by Crippen LogP contribution is -2.29. The average molecular weight is 360 g/mol. The summed E-state index contributed by atoms with van der Waals surface area (Å²) in [4.78, 5) is 12.7. The molecule has 0 aliphatic carbocycles. The molecule has 122 valence electrons. The van der Waals surface area contributed by atoms with E-state index < -0.39 is 15.4 Å². The zero-order valence-corrected chi connectivity index (χ0v) is 14.3. The van der Waals surface area contributed by atoms with Gasteiger partial charge in [0.15, 0.2) is 4.90 Å². The van der Waals surface area contributed by atoms with Gasteiger partial charge in [-0.05, 0) is 30.5 Å². The highest BCUT2D eigenvalue weighted by molar-refractivity contribution is 7.91. The molecular formula is C18H14ClNO3S. The number of sulfone groups is 1. The van der Waals surface area contributed by atoms with Gasteiger partial charge >= 0.3 is 0 Å². The summed E-state index contributed by atoms with van der Waals surface area (Å²) in [7, 11) is -3.98. The van der Waals surface area contributed by atoms with Crippen molar-refractivity contribution < 1.29 is 8.42 Å². The van der Waals surface area contributed by atoms with Crippen LogP contribution in [0.25, 0.3) is 10.9 Å². The number of benzene rings is 2. The second-order valence-electron chi connectivity index (χ2n) is 5.83. The molecule has 0 spiro atoms. The molecule has 4 nitrogen and oxygen atoms in total. The number of pyridine rings is 1. The van der Waals surface area contributed by atoms with Crippen molar-refractivity contribution >= 4 is 32.3 Å². The van der Waals surface area contributed by atoms with Gasteiger partial charge in [-0.15, -0.1) is 0 Å².